The molecular formula is C35H67ClO4. The second-order valence-corrected chi connectivity index (χ2v) is 13.3. The standard InChI is InChI=1S/C35H67ClO4/c1-4-6-8-10-12-14-16-18-20-22-24-26-28-30-32(37)34(3,36)35(39,40)33(38)31-29-27-25-23-21-19-17-15-13-11-9-7-5-2/h39-40H,4-31H2,1-3H3. The van der Waals surface area contributed by atoms with Crippen molar-refractivity contribution < 1.29 is 19.8 Å². The smallest absolute Gasteiger partial charge is 0.250 e. The Morgan fingerprint density at radius 1 is 0.450 bits per heavy atom. The van der Waals surface area contributed by atoms with Gasteiger partial charge in [0.25, 0.3) is 5.79 Å². The lowest BCUT2D eigenvalue weighted by atomic mass is 9.87. The molecule has 1 atom stereocenters. The van der Waals surface area contributed by atoms with Crippen molar-refractivity contribution in [3.8, 4) is 0 Å². The number of hydrogen-bond donors (Lipinski definition) is 2. The molecule has 40 heavy (non-hydrogen) atoms. The number of halogens is 1. The van der Waals surface area contributed by atoms with Crippen molar-refractivity contribution in [2.45, 2.75) is 211 Å². The van der Waals surface area contributed by atoms with Gasteiger partial charge in [0.05, 0.1) is 0 Å². The molecule has 238 valence electrons. The highest BCUT2D eigenvalue weighted by Gasteiger charge is 2.54. The van der Waals surface area contributed by atoms with E-state index in [0.717, 1.165) is 32.1 Å². The highest BCUT2D eigenvalue weighted by molar-refractivity contribution is 6.37. The first kappa shape index (κ1) is 39.5. The molecule has 0 saturated heterocycles. The molecule has 5 heteroatoms. The van der Waals surface area contributed by atoms with Gasteiger partial charge in [-0.1, -0.05) is 168 Å². The zero-order valence-electron chi connectivity index (χ0n) is 26.9. The van der Waals surface area contributed by atoms with Gasteiger partial charge in [0, 0.05) is 12.8 Å². The van der Waals surface area contributed by atoms with Crippen LogP contribution in [0.15, 0.2) is 0 Å². The van der Waals surface area contributed by atoms with Gasteiger partial charge in [-0.05, 0) is 19.8 Å². The molecule has 0 aliphatic heterocycles. The second-order valence-electron chi connectivity index (χ2n) is 12.5. The van der Waals surface area contributed by atoms with Crippen molar-refractivity contribution in [1.82, 2.24) is 0 Å². The van der Waals surface area contributed by atoms with Gasteiger partial charge in [0.15, 0.2) is 16.4 Å². The molecule has 1 unspecified atom stereocenters. The number of hydrogen-bond acceptors (Lipinski definition) is 4. The largest absolute Gasteiger partial charge is 0.358 e. The summed E-state index contributed by atoms with van der Waals surface area (Å²) in [5, 5.41) is 21.1. The lowest BCUT2D eigenvalue weighted by Crippen LogP contribution is -2.58. The van der Waals surface area contributed by atoms with Crippen LogP contribution in [-0.4, -0.2) is 32.4 Å². The van der Waals surface area contributed by atoms with E-state index in [1.807, 2.05) is 0 Å². The van der Waals surface area contributed by atoms with Crippen LogP contribution in [-0.2, 0) is 9.59 Å². The van der Waals surface area contributed by atoms with E-state index in [-0.39, 0.29) is 12.8 Å². The van der Waals surface area contributed by atoms with Gasteiger partial charge in [-0.25, -0.2) is 0 Å². The van der Waals surface area contributed by atoms with Crippen LogP contribution in [0.3, 0.4) is 0 Å². The average Bonchev–Trinajstić information content (AvgIpc) is 2.93. The summed E-state index contributed by atoms with van der Waals surface area (Å²) in [7, 11) is 0. The Bertz CT molecular complexity index is 550. The summed E-state index contributed by atoms with van der Waals surface area (Å²) in [5.41, 5.74) is 0. The number of ketones is 2. The lowest BCUT2D eigenvalue weighted by molar-refractivity contribution is -0.196. The molecule has 0 amide bonds. The monoisotopic (exact) mass is 586 g/mol. The zero-order valence-corrected chi connectivity index (χ0v) is 27.6. The molecule has 0 aliphatic carbocycles. The highest BCUT2D eigenvalue weighted by Crippen LogP contribution is 2.32. The van der Waals surface area contributed by atoms with Crippen molar-refractivity contribution in [2.24, 2.45) is 0 Å². The van der Waals surface area contributed by atoms with Crippen molar-refractivity contribution in [2.75, 3.05) is 0 Å². The number of rotatable bonds is 31. The molecule has 0 heterocycles. The van der Waals surface area contributed by atoms with E-state index in [0.29, 0.717) is 12.8 Å². The molecule has 0 aromatic heterocycles. The third-order valence-electron chi connectivity index (χ3n) is 8.58. The molecule has 0 aliphatic rings. The van der Waals surface area contributed by atoms with Crippen molar-refractivity contribution >= 4 is 23.2 Å². The van der Waals surface area contributed by atoms with E-state index >= 15 is 0 Å². The highest BCUT2D eigenvalue weighted by atomic mass is 35.5. The van der Waals surface area contributed by atoms with E-state index in [4.69, 9.17) is 11.6 Å². The molecule has 0 fully saturated rings. The Balaban J connectivity index is 3.89. The van der Waals surface area contributed by atoms with E-state index in [1.54, 1.807) is 0 Å². The fourth-order valence-electron chi connectivity index (χ4n) is 5.47. The molecule has 0 radical (unpaired) electrons. The maximum Gasteiger partial charge on any atom is 0.250 e. The molecule has 0 rings (SSSR count). The number of aliphatic hydroxyl groups is 2. The quantitative estimate of drug-likeness (QED) is 0.0481. The Morgan fingerprint density at radius 2 is 0.675 bits per heavy atom. The van der Waals surface area contributed by atoms with Crippen molar-refractivity contribution in [1.29, 1.82) is 0 Å². The number of unbranched alkanes of at least 4 members (excludes halogenated alkanes) is 24. The van der Waals surface area contributed by atoms with Crippen LogP contribution in [0.2, 0.25) is 0 Å². The minimum Gasteiger partial charge on any atom is -0.358 e. The summed E-state index contributed by atoms with van der Waals surface area (Å²) in [4.78, 5) is 23.3. The van der Waals surface area contributed by atoms with Gasteiger partial charge < -0.3 is 10.2 Å². The lowest BCUT2D eigenvalue weighted by Gasteiger charge is -2.33. The van der Waals surface area contributed by atoms with Gasteiger partial charge >= 0.3 is 0 Å². The van der Waals surface area contributed by atoms with Crippen LogP contribution < -0.4 is 0 Å². The fraction of sp³-hybridized carbons (Fsp3) is 0.943. The van der Waals surface area contributed by atoms with Gasteiger partial charge in [-0.15, -0.1) is 11.6 Å². The van der Waals surface area contributed by atoms with Crippen LogP contribution in [0.4, 0.5) is 0 Å². The minimum atomic E-state index is -2.82. The number of Topliss-reactive ketones (excluding diaryl/α,β-unsaturated/α-hetero) is 2. The Hall–Kier alpha value is -0.450. The first-order valence-corrected chi connectivity index (χ1v) is 17.8. The topological polar surface area (TPSA) is 74.6 Å². The van der Waals surface area contributed by atoms with Crippen molar-refractivity contribution in [3.63, 3.8) is 0 Å². The molecule has 0 aromatic carbocycles. The maximum absolute atomic E-state index is 12.7. The predicted molar refractivity (Wildman–Crippen MR) is 172 cm³/mol. The third-order valence-corrected chi connectivity index (χ3v) is 9.06. The van der Waals surface area contributed by atoms with E-state index < -0.39 is 22.2 Å². The summed E-state index contributed by atoms with van der Waals surface area (Å²) in [6.45, 7) is 5.78. The normalized spacial score (nSPS) is 13.4. The third kappa shape index (κ3) is 19.6. The molecule has 0 spiro atoms. The summed E-state index contributed by atoms with van der Waals surface area (Å²) in [6, 6.07) is 0. The Kier molecular flexibility index (Phi) is 25.9. The van der Waals surface area contributed by atoms with Gasteiger partial charge in [-0.3, -0.25) is 9.59 Å². The predicted octanol–water partition coefficient (Wildman–Crippen LogP) is 10.8. The van der Waals surface area contributed by atoms with Crippen LogP contribution in [0.1, 0.15) is 201 Å². The maximum atomic E-state index is 12.7. The first-order chi connectivity index (χ1) is 19.2. The first-order valence-electron chi connectivity index (χ1n) is 17.4. The van der Waals surface area contributed by atoms with Gasteiger partial charge in [0.1, 0.15) is 0 Å². The zero-order chi connectivity index (χ0) is 30.0. The second kappa shape index (κ2) is 26.2. The minimum absolute atomic E-state index is 0.0408. The molecule has 4 nitrogen and oxygen atoms in total. The SMILES string of the molecule is CCCCCCCCCCCCCCCC(=O)C(O)(O)C(C)(Cl)C(=O)CCCCCCCCCCCCCCC. The Morgan fingerprint density at radius 3 is 0.950 bits per heavy atom. The number of carbonyl (C=O) groups excluding carboxylic acids is 2. The molecule has 0 bridgehead atoms. The summed E-state index contributed by atoms with van der Waals surface area (Å²) >= 11 is 6.31. The molecular weight excluding hydrogens is 520 g/mol. The van der Waals surface area contributed by atoms with Gasteiger partial charge in [-0.2, -0.15) is 0 Å². The number of carbonyl (C=O) groups is 2. The van der Waals surface area contributed by atoms with Crippen molar-refractivity contribution in [3.05, 3.63) is 0 Å². The van der Waals surface area contributed by atoms with Crippen LogP contribution >= 0.6 is 11.6 Å². The summed E-state index contributed by atoms with van der Waals surface area (Å²) in [6.07, 6.45) is 31.5. The summed E-state index contributed by atoms with van der Waals surface area (Å²) < 4.78 is 0. The molecule has 0 saturated carbocycles. The number of alkyl halides is 1. The average molecular weight is 587 g/mol. The van der Waals surface area contributed by atoms with Crippen LogP contribution in [0.25, 0.3) is 0 Å². The molecule has 0 aromatic rings. The van der Waals surface area contributed by atoms with E-state index in [2.05, 4.69) is 13.8 Å². The van der Waals surface area contributed by atoms with Crippen LogP contribution in [0.5, 0.6) is 0 Å². The van der Waals surface area contributed by atoms with Crippen LogP contribution in [0, 0.1) is 0 Å². The fourth-order valence-corrected chi connectivity index (χ4v) is 5.67. The Labute approximate surface area is 253 Å². The van der Waals surface area contributed by atoms with E-state index in [9.17, 15) is 19.8 Å². The van der Waals surface area contributed by atoms with Gasteiger partial charge in [0.2, 0.25) is 0 Å². The summed E-state index contributed by atoms with van der Waals surface area (Å²) in [5.74, 6) is -4.02. The molecule has 2 N–H and O–H groups in total. The van der Waals surface area contributed by atoms with E-state index in [1.165, 1.54) is 129 Å².